The molecule has 0 bridgehead atoms. The molecule has 0 spiro atoms. The quantitative estimate of drug-likeness (QED) is 0.677. The number of nitrogens with zero attached hydrogens (tertiary/aromatic N) is 2. The van der Waals surface area contributed by atoms with Gasteiger partial charge in [-0.15, -0.1) is 0 Å². The van der Waals surface area contributed by atoms with E-state index in [2.05, 4.69) is 46.1 Å². The van der Waals surface area contributed by atoms with Gasteiger partial charge in [-0.1, -0.05) is 18.6 Å². The molecule has 2 aromatic rings. The Balaban J connectivity index is 1.80. The number of fused-ring (bicyclic) bond motifs is 1. The van der Waals surface area contributed by atoms with Crippen LogP contribution in [-0.2, 0) is 11.3 Å². The molecule has 1 aliphatic rings. The van der Waals surface area contributed by atoms with Crippen molar-refractivity contribution in [2.24, 2.45) is 0 Å². The molecule has 1 aliphatic heterocycles. The molecular formula is C22H32N4O2S. The molecular weight excluding hydrogens is 384 g/mol. The van der Waals surface area contributed by atoms with Crippen LogP contribution in [0.2, 0.25) is 0 Å². The number of nitrogens with one attached hydrogen (secondary N) is 2. The van der Waals surface area contributed by atoms with E-state index in [9.17, 15) is 4.79 Å². The zero-order chi connectivity index (χ0) is 20.8. The van der Waals surface area contributed by atoms with Crippen molar-refractivity contribution in [2.45, 2.75) is 33.7 Å². The van der Waals surface area contributed by atoms with Crippen molar-refractivity contribution in [3.63, 3.8) is 0 Å². The number of aryl methyl sites for hydroxylation is 2. The lowest BCUT2D eigenvalue weighted by molar-refractivity contribution is 0.0357. The highest BCUT2D eigenvalue weighted by atomic mass is 32.1. The highest BCUT2D eigenvalue weighted by Crippen LogP contribution is 2.18. The number of pyridine rings is 1. The summed E-state index contributed by atoms with van der Waals surface area (Å²) >= 11 is 5.65. The van der Waals surface area contributed by atoms with Gasteiger partial charge in [0.15, 0.2) is 5.11 Å². The summed E-state index contributed by atoms with van der Waals surface area (Å²) < 4.78 is 5.44. The number of rotatable bonds is 7. The first-order chi connectivity index (χ1) is 14.0. The molecule has 7 heteroatoms. The fraction of sp³-hybridized carbons (Fsp3) is 0.545. The Bertz CT molecular complexity index is 906. The summed E-state index contributed by atoms with van der Waals surface area (Å²) in [4.78, 5) is 20.3. The summed E-state index contributed by atoms with van der Waals surface area (Å²) in [7, 11) is 0. The Morgan fingerprint density at radius 2 is 2.03 bits per heavy atom. The number of hydrogen-bond acceptors (Lipinski definition) is 4. The first-order valence-corrected chi connectivity index (χ1v) is 10.8. The maximum Gasteiger partial charge on any atom is 0.253 e. The van der Waals surface area contributed by atoms with Gasteiger partial charge in [-0.2, -0.15) is 0 Å². The second-order valence-corrected chi connectivity index (χ2v) is 8.16. The van der Waals surface area contributed by atoms with Gasteiger partial charge in [0.05, 0.1) is 25.3 Å². The van der Waals surface area contributed by atoms with Crippen LogP contribution in [0.15, 0.2) is 23.0 Å². The lowest BCUT2D eigenvalue weighted by atomic mass is 10.1. The molecule has 0 aliphatic carbocycles. The highest BCUT2D eigenvalue weighted by molar-refractivity contribution is 7.80. The molecule has 0 unspecified atom stereocenters. The van der Waals surface area contributed by atoms with Crippen molar-refractivity contribution in [3.8, 4) is 0 Å². The van der Waals surface area contributed by atoms with Gasteiger partial charge < -0.3 is 19.9 Å². The van der Waals surface area contributed by atoms with Crippen molar-refractivity contribution in [2.75, 3.05) is 45.9 Å². The zero-order valence-corrected chi connectivity index (χ0v) is 18.5. The number of aromatic nitrogens is 1. The molecule has 1 fully saturated rings. The Hall–Kier alpha value is -1.96. The van der Waals surface area contributed by atoms with E-state index in [0.29, 0.717) is 11.7 Å². The van der Waals surface area contributed by atoms with E-state index >= 15 is 0 Å². The molecule has 0 atom stereocenters. The van der Waals surface area contributed by atoms with Crippen molar-refractivity contribution < 1.29 is 4.74 Å². The van der Waals surface area contributed by atoms with Crippen LogP contribution in [0.3, 0.4) is 0 Å². The van der Waals surface area contributed by atoms with Crippen molar-refractivity contribution in [1.29, 1.82) is 0 Å². The third-order valence-corrected chi connectivity index (χ3v) is 5.74. The SMILES string of the molecule is CCCNC(=S)N(CCN1CCOCC1)Cc1cc2cc(C)cc(C)c2[nH]c1=O. The average Bonchev–Trinajstić information content (AvgIpc) is 2.71. The van der Waals surface area contributed by atoms with Crippen LogP contribution in [0.5, 0.6) is 0 Å². The van der Waals surface area contributed by atoms with Gasteiger partial charge in [0.2, 0.25) is 0 Å². The van der Waals surface area contributed by atoms with E-state index in [1.54, 1.807) is 0 Å². The van der Waals surface area contributed by atoms with Gasteiger partial charge in [0.1, 0.15) is 0 Å². The van der Waals surface area contributed by atoms with Crippen LogP contribution in [0, 0.1) is 13.8 Å². The molecule has 6 nitrogen and oxygen atoms in total. The topological polar surface area (TPSA) is 60.6 Å². The van der Waals surface area contributed by atoms with Crippen LogP contribution in [-0.4, -0.2) is 65.8 Å². The normalized spacial score (nSPS) is 14.9. The lowest BCUT2D eigenvalue weighted by Crippen LogP contribution is -2.46. The first-order valence-electron chi connectivity index (χ1n) is 10.4. The minimum atomic E-state index is -0.0425. The van der Waals surface area contributed by atoms with E-state index in [1.807, 2.05) is 13.0 Å². The summed E-state index contributed by atoms with van der Waals surface area (Å²) in [6.45, 7) is 12.7. The van der Waals surface area contributed by atoms with E-state index in [-0.39, 0.29) is 5.56 Å². The maximum absolute atomic E-state index is 12.8. The fourth-order valence-corrected chi connectivity index (χ4v) is 4.00. The summed E-state index contributed by atoms with van der Waals surface area (Å²) in [5, 5.41) is 5.09. The molecule has 0 amide bonds. The van der Waals surface area contributed by atoms with Crippen LogP contribution in [0.25, 0.3) is 10.9 Å². The number of hydrogen-bond donors (Lipinski definition) is 2. The minimum absolute atomic E-state index is 0.0425. The number of ether oxygens (including phenoxy) is 1. The van der Waals surface area contributed by atoms with Crippen molar-refractivity contribution >= 4 is 28.2 Å². The Morgan fingerprint density at radius 1 is 1.28 bits per heavy atom. The Morgan fingerprint density at radius 3 is 2.76 bits per heavy atom. The van der Waals surface area contributed by atoms with Gasteiger partial charge in [0, 0.05) is 38.3 Å². The maximum atomic E-state index is 12.8. The molecule has 1 saturated heterocycles. The molecule has 2 heterocycles. The van der Waals surface area contributed by atoms with Gasteiger partial charge in [-0.3, -0.25) is 9.69 Å². The monoisotopic (exact) mass is 416 g/mol. The number of thiocarbonyl (C=S) groups is 1. The number of H-pyrrole nitrogens is 1. The smallest absolute Gasteiger partial charge is 0.253 e. The Kier molecular flexibility index (Phi) is 7.64. The first kappa shape index (κ1) is 21.7. The van der Waals surface area contributed by atoms with E-state index < -0.39 is 0 Å². The third-order valence-electron chi connectivity index (χ3n) is 5.33. The fourth-order valence-electron chi connectivity index (χ4n) is 3.74. The summed E-state index contributed by atoms with van der Waals surface area (Å²) in [6.07, 6.45) is 1.01. The van der Waals surface area contributed by atoms with E-state index in [1.165, 1.54) is 5.56 Å². The van der Waals surface area contributed by atoms with Gasteiger partial charge in [-0.25, -0.2) is 0 Å². The molecule has 3 rings (SSSR count). The molecule has 2 N–H and O–H groups in total. The van der Waals surface area contributed by atoms with Crippen LogP contribution in [0.4, 0.5) is 0 Å². The van der Waals surface area contributed by atoms with Gasteiger partial charge in [-0.05, 0) is 55.6 Å². The largest absolute Gasteiger partial charge is 0.379 e. The van der Waals surface area contributed by atoms with Crippen LogP contribution < -0.4 is 10.9 Å². The van der Waals surface area contributed by atoms with Crippen LogP contribution in [0.1, 0.15) is 30.0 Å². The van der Waals surface area contributed by atoms with E-state index in [4.69, 9.17) is 17.0 Å². The minimum Gasteiger partial charge on any atom is -0.379 e. The molecule has 158 valence electrons. The predicted octanol–water partition coefficient (Wildman–Crippen LogP) is 2.56. The molecule has 29 heavy (non-hydrogen) atoms. The number of aromatic amines is 1. The molecule has 0 radical (unpaired) electrons. The van der Waals surface area contributed by atoms with Crippen molar-refractivity contribution in [3.05, 3.63) is 45.2 Å². The third kappa shape index (κ3) is 5.78. The predicted molar refractivity (Wildman–Crippen MR) is 123 cm³/mol. The molecule has 0 saturated carbocycles. The molecule has 1 aromatic carbocycles. The number of morpholine rings is 1. The summed E-state index contributed by atoms with van der Waals surface area (Å²) in [6, 6.07) is 6.22. The van der Waals surface area contributed by atoms with Gasteiger partial charge >= 0.3 is 0 Å². The molecule has 1 aromatic heterocycles. The highest BCUT2D eigenvalue weighted by Gasteiger charge is 2.16. The average molecular weight is 417 g/mol. The Labute approximate surface area is 178 Å². The second kappa shape index (κ2) is 10.2. The second-order valence-electron chi connectivity index (χ2n) is 7.78. The van der Waals surface area contributed by atoms with Crippen LogP contribution >= 0.6 is 12.2 Å². The zero-order valence-electron chi connectivity index (χ0n) is 17.7. The number of benzene rings is 1. The summed E-state index contributed by atoms with van der Waals surface area (Å²) in [5.74, 6) is 0. The van der Waals surface area contributed by atoms with Gasteiger partial charge in [0.25, 0.3) is 5.56 Å². The summed E-state index contributed by atoms with van der Waals surface area (Å²) in [5.41, 5.74) is 3.89. The van der Waals surface area contributed by atoms with Crippen molar-refractivity contribution in [1.82, 2.24) is 20.1 Å². The van der Waals surface area contributed by atoms with E-state index in [0.717, 1.165) is 74.4 Å². The lowest BCUT2D eigenvalue weighted by Gasteiger charge is -2.31. The standard InChI is InChI=1S/C22H32N4O2S/c1-4-5-23-22(29)26(7-6-25-8-10-28-11-9-25)15-19-14-18-13-16(2)12-17(3)20(18)24-21(19)27/h12-14H,4-11,15H2,1-3H3,(H,23,29)(H,24,27).